The van der Waals surface area contributed by atoms with Gasteiger partial charge < -0.3 is 9.47 Å². The zero-order chi connectivity index (χ0) is 21.9. The second-order valence-electron chi connectivity index (χ2n) is 6.71. The number of benzene rings is 3. The van der Waals surface area contributed by atoms with Crippen LogP contribution in [0.1, 0.15) is 40.4 Å². The van der Waals surface area contributed by atoms with E-state index in [1.165, 1.54) is 6.21 Å². The number of carbonyl (C=O) groups excluding carboxylic acids is 1. The summed E-state index contributed by atoms with van der Waals surface area (Å²) in [5.74, 6) is 1.04. The minimum atomic E-state index is -0.315. The van der Waals surface area contributed by atoms with Crippen LogP contribution in [0.15, 0.2) is 77.9 Å². The number of hydrogen-bond donors (Lipinski definition) is 1. The molecule has 6 heteroatoms. The lowest BCUT2D eigenvalue weighted by atomic mass is 10.1. The first-order chi connectivity index (χ1) is 15.2. The zero-order valence-electron chi connectivity index (χ0n) is 17.2. The fourth-order valence-electron chi connectivity index (χ4n) is 2.76. The Morgan fingerprint density at radius 2 is 1.87 bits per heavy atom. The smallest absolute Gasteiger partial charge is 0.271 e. The van der Waals surface area contributed by atoms with E-state index in [0.29, 0.717) is 30.1 Å². The highest BCUT2D eigenvalue weighted by Gasteiger charge is 2.06. The van der Waals surface area contributed by atoms with Gasteiger partial charge in [0.05, 0.1) is 24.5 Å². The van der Waals surface area contributed by atoms with Crippen LogP contribution in [-0.4, -0.2) is 18.7 Å². The first kappa shape index (κ1) is 21.6. The van der Waals surface area contributed by atoms with Gasteiger partial charge in [0, 0.05) is 11.1 Å². The zero-order valence-corrected chi connectivity index (χ0v) is 17.2. The van der Waals surface area contributed by atoms with Crippen molar-refractivity contribution >= 4 is 12.1 Å². The number of para-hydroxylation sites is 1. The van der Waals surface area contributed by atoms with Crippen LogP contribution in [0.3, 0.4) is 0 Å². The van der Waals surface area contributed by atoms with E-state index < -0.39 is 0 Å². The molecule has 1 N–H and O–H groups in total. The Bertz CT molecular complexity index is 1090. The molecule has 6 nitrogen and oxygen atoms in total. The van der Waals surface area contributed by atoms with Crippen LogP contribution in [0.5, 0.6) is 11.5 Å². The lowest BCUT2D eigenvalue weighted by molar-refractivity contribution is 0.0955. The fraction of sp³-hybridized carbons (Fsp3) is 0.160. The minimum absolute atomic E-state index is 0.315. The second-order valence-corrected chi connectivity index (χ2v) is 6.71. The van der Waals surface area contributed by atoms with Gasteiger partial charge >= 0.3 is 0 Å². The molecule has 0 radical (unpaired) electrons. The van der Waals surface area contributed by atoms with Gasteiger partial charge in [-0.1, -0.05) is 31.2 Å². The lowest BCUT2D eigenvalue weighted by Gasteiger charge is -2.09. The number of carbonyl (C=O) groups is 1. The minimum Gasteiger partial charge on any atom is -0.494 e. The average Bonchev–Trinajstić information content (AvgIpc) is 2.82. The molecule has 0 saturated heterocycles. The summed E-state index contributed by atoms with van der Waals surface area (Å²) >= 11 is 0. The SMILES string of the molecule is CCCOc1ccc(C(=O)N/N=C\c2ccccc2OCc2cccc(C#N)c2)cc1. The van der Waals surface area contributed by atoms with Gasteiger partial charge in [-0.2, -0.15) is 10.4 Å². The number of ether oxygens (including phenoxy) is 2. The molecule has 31 heavy (non-hydrogen) atoms. The molecule has 156 valence electrons. The molecule has 0 spiro atoms. The van der Waals surface area contributed by atoms with E-state index in [9.17, 15) is 4.79 Å². The van der Waals surface area contributed by atoms with E-state index in [2.05, 4.69) is 16.6 Å². The van der Waals surface area contributed by atoms with Crippen LogP contribution in [0, 0.1) is 11.3 Å². The molecule has 0 aromatic heterocycles. The van der Waals surface area contributed by atoms with Crippen molar-refractivity contribution in [1.82, 2.24) is 5.43 Å². The number of amides is 1. The monoisotopic (exact) mass is 413 g/mol. The summed E-state index contributed by atoms with van der Waals surface area (Å²) in [6.45, 7) is 3.00. The highest BCUT2D eigenvalue weighted by atomic mass is 16.5. The molecular formula is C25H23N3O3. The maximum Gasteiger partial charge on any atom is 0.271 e. The summed E-state index contributed by atoms with van der Waals surface area (Å²) in [7, 11) is 0. The van der Waals surface area contributed by atoms with E-state index >= 15 is 0 Å². The van der Waals surface area contributed by atoms with Crippen molar-refractivity contribution in [2.75, 3.05) is 6.61 Å². The first-order valence-electron chi connectivity index (χ1n) is 9.96. The van der Waals surface area contributed by atoms with Gasteiger partial charge in [0.25, 0.3) is 5.91 Å². The molecule has 3 aromatic rings. The van der Waals surface area contributed by atoms with E-state index in [4.69, 9.17) is 14.7 Å². The predicted molar refractivity (Wildman–Crippen MR) is 119 cm³/mol. The molecule has 0 atom stereocenters. The summed E-state index contributed by atoms with van der Waals surface area (Å²) < 4.78 is 11.4. The Balaban J connectivity index is 1.59. The van der Waals surface area contributed by atoms with Crippen LogP contribution >= 0.6 is 0 Å². The van der Waals surface area contributed by atoms with Crippen LogP contribution < -0.4 is 14.9 Å². The average molecular weight is 413 g/mol. The fourth-order valence-corrected chi connectivity index (χ4v) is 2.76. The molecule has 1 amide bonds. The molecule has 0 aliphatic rings. The van der Waals surface area contributed by atoms with Crippen molar-refractivity contribution in [3.8, 4) is 17.6 Å². The van der Waals surface area contributed by atoms with Crippen LogP contribution in [-0.2, 0) is 6.61 Å². The highest BCUT2D eigenvalue weighted by Crippen LogP contribution is 2.18. The van der Waals surface area contributed by atoms with Gasteiger partial charge in [-0.05, 0) is 60.5 Å². The first-order valence-corrected chi connectivity index (χ1v) is 9.96. The van der Waals surface area contributed by atoms with Crippen LogP contribution in [0.4, 0.5) is 0 Å². The number of hydrogen-bond acceptors (Lipinski definition) is 5. The number of nitrogens with zero attached hydrogens (tertiary/aromatic N) is 2. The Hall–Kier alpha value is -4.11. The van der Waals surface area contributed by atoms with Gasteiger partial charge in [0.1, 0.15) is 18.1 Å². The molecule has 0 unspecified atom stereocenters. The molecule has 0 aliphatic carbocycles. The number of hydrazone groups is 1. The van der Waals surface area contributed by atoms with Crippen LogP contribution in [0.2, 0.25) is 0 Å². The third-order valence-corrected chi connectivity index (χ3v) is 4.33. The second kappa shape index (κ2) is 11.2. The molecule has 3 rings (SSSR count). The van der Waals surface area contributed by atoms with E-state index in [-0.39, 0.29) is 5.91 Å². The molecule has 0 heterocycles. The third kappa shape index (κ3) is 6.44. The summed E-state index contributed by atoms with van der Waals surface area (Å²) in [5.41, 5.74) is 5.22. The molecule has 0 fully saturated rings. The lowest BCUT2D eigenvalue weighted by Crippen LogP contribution is -2.17. The third-order valence-electron chi connectivity index (χ3n) is 4.33. The topological polar surface area (TPSA) is 83.7 Å². The largest absolute Gasteiger partial charge is 0.494 e. The van der Waals surface area contributed by atoms with Crippen LogP contribution in [0.25, 0.3) is 0 Å². The van der Waals surface area contributed by atoms with E-state index in [1.807, 2.05) is 43.3 Å². The molecule has 0 saturated carbocycles. The Morgan fingerprint density at radius 1 is 1.06 bits per heavy atom. The van der Waals surface area contributed by atoms with Gasteiger partial charge in [0.2, 0.25) is 0 Å². The van der Waals surface area contributed by atoms with Gasteiger partial charge in [0.15, 0.2) is 0 Å². The Kier molecular flexibility index (Phi) is 7.78. The summed E-state index contributed by atoms with van der Waals surface area (Å²) in [6, 6.07) is 23.7. The van der Waals surface area contributed by atoms with Crippen molar-refractivity contribution in [1.29, 1.82) is 5.26 Å². The number of rotatable bonds is 9. The highest BCUT2D eigenvalue weighted by molar-refractivity contribution is 5.95. The van der Waals surface area contributed by atoms with Crippen molar-refractivity contribution in [2.45, 2.75) is 20.0 Å². The van der Waals surface area contributed by atoms with Gasteiger partial charge in [-0.3, -0.25) is 4.79 Å². The molecule has 0 bridgehead atoms. The Morgan fingerprint density at radius 3 is 2.65 bits per heavy atom. The van der Waals surface area contributed by atoms with Gasteiger partial charge in [-0.15, -0.1) is 0 Å². The maximum atomic E-state index is 12.3. The van der Waals surface area contributed by atoms with Gasteiger partial charge in [-0.25, -0.2) is 5.43 Å². The Labute approximate surface area is 181 Å². The maximum absolute atomic E-state index is 12.3. The number of nitrogens with one attached hydrogen (secondary N) is 1. The standard InChI is InChI=1S/C25H23N3O3/c1-2-14-30-23-12-10-21(11-13-23)25(29)28-27-17-22-8-3-4-9-24(22)31-18-20-7-5-6-19(15-20)16-26/h3-13,15,17H,2,14,18H2,1H3,(H,28,29)/b27-17-. The van der Waals surface area contributed by atoms with Crippen molar-refractivity contribution in [3.63, 3.8) is 0 Å². The van der Waals surface area contributed by atoms with Crippen molar-refractivity contribution in [3.05, 3.63) is 95.1 Å². The normalized spacial score (nSPS) is 10.5. The molecule has 3 aromatic carbocycles. The summed E-state index contributed by atoms with van der Waals surface area (Å²) in [6.07, 6.45) is 2.46. The quantitative estimate of drug-likeness (QED) is 0.407. The van der Waals surface area contributed by atoms with Crippen molar-refractivity contribution in [2.24, 2.45) is 5.10 Å². The van der Waals surface area contributed by atoms with Crippen molar-refractivity contribution < 1.29 is 14.3 Å². The summed E-state index contributed by atoms with van der Waals surface area (Å²) in [4.78, 5) is 12.3. The van der Waals surface area contributed by atoms with E-state index in [0.717, 1.165) is 23.3 Å². The summed E-state index contributed by atoms with van der Waals surface area (Å²) in [5, 5.41) is 13.1. The van der Waals surface area contributed by atoms with E-state index in [1.54, 1.807) is 36.4 Å². The number of nitriles is 1. The molecule has 0 aliphatic heterocycles. The predicted octanol–water partition coefficient (Wildman–Crippen LogP) is 4.69. The molecular weight excluding hydrogens is 390 g/mol.